The lowest BCUT2D eigenvalue weighted by Gasteiger charge is -2.20. The van der Waals surface area contributed by atoms with Crippen molar-refractivity contribution in [2.24, 2.45) is 5.92 Å². The summed E-state index contributed by atoms with van der Waals surface area (Å²) >= 11 is 0. The van der Waals surface area contributed by atoms with E-state index in [0.29, 0.717) is 11.7 Å². The molecule has 0 bridgehead atoms. The average molecular weight is 257 g/mol. The summed E-state index contributed by atoms with van der Waals surface area (Å²) in [7, 11) is 0. The molecule has 0 spiro atoms. The molecule has 0 aliphatic heterocycles. The van der Waals surface area contributed by atoms with E-state index in [2.05, 4.69) is 20.4 Å². The van der Waals surface area contributed by atoms with Crippen molar-refractivity contribution in [1.82, 2.24) is 25.2 Å². The fourth-order valence-corrected chi connectivity index (χ4v) is 2.73. The van der Waals surface area contributed by atoms with Crippen molar-refractivity contribution in [3.8, 4) is 11.4 Å². The lowest BCUT2D eigenvalue weighted by molar-refractivity contribution is 0.291. The number of pyridine rings is 1. The molecule has 5 heteroatoms. The topological polar surface area (TPSA) is 56.5 Å². The van der Waals surface area contributed by atoms with Crippen LogP contribution in [0.15, 0.2) is 18.5 Å². The molecule has 0 N–H and O–H groups in total. The molecule has 100 valence electrons. The molecule has 0 amide bonds. The van der Waals surface area contributed by atoms with Crippen LogP contribution in [0.2, 0.25) is 0 Å². The molecule has 1 aliphatic carbocycles. The van der Waals surface area contributed by atoms with Crippen LogP contribution in [0.5, 0.6) is 0 Å². The van der Waals surface area contributed by atoms with Gasteiger partial charge in [0.25, 0.3) is 0 Å². The van der Waals surface area contributed by atoms with Gasteiger partial charge >= 0.3 is 0 Å². The van der Waals surface area contributed by atoms with Crippen molar-refractivity contribution in [1.29, 1.82) is 0 Å². The zero-order valence-corrected chi connectivity index (χ0v) is 11.3. The number of nitrogens with zero attached hydrogens (tertiary/aromatic N) is 5. The van der Waals surface area contributed by atoms with Crippen LogP contribution in [-0.2, 0) is 6.54 Å². The summed E-state index contributed by atoms with van der Waals surface area (Å²) in [6.45, 7) is 2.94. The molecule has 1 aliphatic rings. The van der Waals surface area contributed by atoms with E-state index < -0.39 is 0 Å². The van der Waals surface area contributed by atoms with Crippen LogP contribution in [0, 0.1) is 12.8 Å². The Morgan fingerprint density at radius 1 is 1.26 bits per heavy atom. The fraction of sp³-hybridized carbons (Fsp3) is 0.571. The smallest absolute Gasteiger partial charge is 0.206 e. The predicted molar refractivity (Wildman–Crippen MR) is 72.4 cm³/mol. The Kier molecular flexibility index (Phi) is 3.53. The quantitative estimate of drug-likeness (QED) is 0.848. The van der Waals surface area contributed by atoms with Crippen molar-refractivity contribution < 1.29 is 0 Å². The SMILES string of the molecule is Cc1ccncc1-c1nnn(CC2CCCCC2)n1. The molecule has 1 saturated carbocycles. The van der Waals surface area contributed by atoms with Crippen LogP contribution >= 0.6 is 0 Å². The van der Waals surface area contributed by atoms with E-state index in [1.165, 1.54) is 32.1 Å². The van der Waals surface area contributed by atoms with E-state index in [9.17, 15) is 0 Å². The maximum atomic E-state index is 4.49. The summed E-state index contributed by atoms with van der Waals surface area (Å²) in [5, 5.41) is 12.8. The highest BCUT2D eigenvalue weighted by Gasteiger charge is 2.16. The molecule has 0 atom stereocenters. The molecule has 0 saturated heterocycles. The van der Waals surface area contributed by atoms with Gasteiger partial charge in [0.2, 0.25) is 5.82 Å². The summed E-state index contributed by atoms with van der Waals surface area (Å²) in [5.41, 5.74) is 2.10. The molecule has 0 aromatic carbocycles. The monoisotopic (exact) mass is 257 g/mol. The van der Waals surface area contributed by atoms with Gasteiger partial charge in [0.05, 0.1) is 6.54 Å². The van der Waals surface area contributed by atoms with Gasteiger partial charge in [-0.2, -0.15) is 4.80 Å². The minimum Gasteiger partial charge on any atom is -0.264 e. The van der Waals surface area contributed by atoms with Crippen molar-refractivity contribution in [2.75, 3.05) is 0 Å². The number of aromatic nitrogens is 5. The molecule has 1 fully saturated rings. The molecular weight excluding hydrogens is 238 g/mol. The van der Waals surface area contributed by atoms with Gasteiger partial charge in [-0.25, -0.2) is 0 Å². The van der Waals surface area contributed by atoms with Crippen molar-refractivity contribution >= 4 is 0 Å². The lowest BCUT2D eigenvalue weighted by Crippen LogP contribution is -2.16. The molecule has 5 nitrogen and oxygen atoms in total. The Hall–Kier alpha value is -1.78. The molecule has 0 radical (unpaired) electrons. The third kappa shape index (κ3) is 2.80. The summed E-state index contributed by atoms with van der Waals surface area (Å²) in [6.07, 6.45) is 10.2. The normalized spacial score (nSPS) is 16.7. The number of hydrogen-bond acceptors (Lipinski definition) is 4. The van der Waals surface area contributed by atoms with E-state index in [0.717, 1.165) is 17.7 Å². The van der Waals surface area contributed by atoms with Crippen LogP contribution in [0.1, 0.15) is 37.7 Å². The van der Waals surface area contributed by atoms with Crippen LogP contribution in [0.25, 0.3) is 11.4 Å². The number of tetrazole rings is 1. The highest BCUT2D eigenvalue weighted by molar-refractivity contribution is 5.56. The third-order valence-corrected chi connectivity index (χ3v) is 3.88. The van der Waals surface area contributed by atoms with Crippen molar-refractivity contribution in [3.63, 3.8) is 0 Å². The largest absolute Gasteiger partial charge is 0.264 e. The Bertz CT molecular complexity index is 542. The Morgan fingerprint density at radius 3 is 2.89 bits per heavy atom. The van der Waals surface area contributed by atoms with Gasteiger partial charge < -0.3 is 0 Å². The minimum absolute atomic E-state index is 0.682. The molecule has 3 rings (SSSR count). The molecule has 2 heterocycles. The van der Waals surface area contributed by atoms with Crippen LogP contribution in [0.3, 0.4) is 0 Å². The molecule has 2 aromatic heterocycles. The molecular formula is C14H19N5. The Labute approximate surface area is 113 Å². The highest BCUT2D eigenvalue weighted by atomic mass is 15.6. The maximum Gasteiger partial charge on any atom is 0.206 e. The average Bonchev–Trinajstić information content (AvgIpc) is 2.89. The lowest BCUT2D eigenvalue weighted by atomic mass is 9.89. The van der Waals surface area contributed by atoms with Gasteiger partial charge in [-0.1, -0.05) is 19.3 Å². The van der Waals surface area contributed by atoms with Gasteiger partial charge in [-0.15, -0.1) is 10.2 Å². The van der Waals surface area contributed by atoms with Gasteiger partial charge in [0.15, 0.2) is 0 Å². The Morgan fingerprint density at radius 2 is 2.11 bits per heavy atom. The van der Waals surface area contributed by atoms with Gasteiger partial charge in [-0.05, 0) is 42.5 Å². The van der Waals surface area contributed by atoms with Crippen molar-refractivity contribution in [2.45, 2.75) is 45.6 Å². The van der Waals surface area contributed by atoms with E-state index >= 15 is 0 Å². The summed E-state index contributed by atoms with van der Waals surface area (Å²) in [6, 6.07) is 1.97. The summed E-state index contributed by atoms with van der Waals surface area (Å²) in [4.78, 5) is 5.88. The van der Waals surface area contributed by atoms with E-state index in [-0.39, 0.29) is 0 Å². The second-order valence-electron chi connectivity index (χ2n) is 5.36. The maximum absolute atomic E-state index is 4.49. The minimum atomic E-state index is 0.682. The standard InChI is InChI=1S/C14H19N5/c1-11-7-8-15-9-13(11)14-16-18-19(17-14)10-12-5-3-2-4-6-12/h7-9,12H,2-6,10H2,1H3. The van der Waals surface area contributed by atoms with Gasteiger partial charge in [0, 0.05) is 18.0 Å². The second kappa shape index (κ2) is 5.47. The summed E-state index contributed by atoms with van der Waals surface area (Å²) in [5.74, 6) is 1.40. The van der Waals surface area contributed by atoms with Gasteiger partial charge in [0.1, 0.15) is 0 Å². The number of hydrogen-bond donors (Lipinski definition) is 0. The summed E-state index contributed by atoms with van der Waals surface area (Å²) < 4.78 is 0. The third-order valence-electron chi connectivity index (χ3n) is 3.88. The van der Waals surface area contributed by atoms with E-state index in [1.807, 2.05) is 13.0 Å². The molecule has 2 aromatic rings. The van der Waals surface area contributed by atoms with Crippen molar-refractivity contribution in [3.05, 3.63) is 24.0 Å². The number of aryl methyl sites for hydroxylation is 1. The second-order valence-corrected chi connectivity index (χ2v) is 5.36. The van der Waals surface area contributed by atoms with E-state index in [4.69, 9.17) is 0 Å². The first kappa shape index (κ1) is 12.3. The zero-order valence-electron chi connectivity index (χ0n) is 11.3. The Balaban J connectivity index is 1.74. The molecule has 0 unspecified atom stereocenters. The van der Waals surface area contributed by atoms with Crippen LogP contribution < -0.4 is 0 Å². The van der Waals surface area contributed by atoms with Crippen LogP contribution in [-0.4, -0.2) is 25.2 Å². The first-order chi connectivity index (χ1) is 9.33. The zero-order chi connectivity index (χ0) is 13.1. The number of rotatable bonds is 3. The molecule has 19 heavy (non-hydrogen) atoms. The fourth-order valence-electron chi connectivity index (χ4n) is 2.73. The van der Waals surface area contributed by atoms with E-state index in [1.54, 1.807) is 17.2 Å². The van der Waals surface area contributed by atoms with Gasteiger partial charge in [-0.3, -0.25) is 4.98 Å². The predicted octanol–water partition coefficient (Wildman–Crippen LogP) is 2.62. The van der Waals surface area contributed by atoms with Crippen LogP contribution in [0.4, 0.5) is 0 Å². The first-order valence-electron chi connectivity index (χ1n) is 7.02. The first-order valence-corrected chi connectivity index (χ1v) is 7.02. The highest BCUT2D eigenvalue weighted by Crippen LogP contribution is 2.25.